The van der Waals surface area contributed by atoms with Gasteiger partial charge >= 0.3 is 0 Å². The highest BCUT2D eigenvalue weighted by atomic mass is 79.9. The maximum atomic E-state index is 5.86. The fourth-order valence-corrected chi connectivity index (χ4v) is 1.82. The molecule has 0 atom stereocenters. The van der Waals surface area contributed by atoms with Crippen molar-refractivity contribution >= 4 is 21.6 Å². The summed E-state index contributed by atoms with van der Waals surface area (Å²) >= 11 is 3.41. The summed E-state index contributed by atoms with van der Waals surface area (Å²) in [5.41, 5.74) is 8.75. The Morgan fingerprint density at radius 3 is 2.19 bits per heavy atom. The Hall–Kier alpha value is -1.48. The van der Waals surface area contributed by atoms with Crippen LogP contribution in [0.15, 0.2) is 46.9 Å². The molecular formula is C13H12BrNO. The molecular weight excluding hydrogens is 266 g/mol. The molecule has 0 spiro atoms. The van der Waals surface area contributed by atoms with E-state index in [1.165, 1.54) is 0 Å². The van der Waals surface area contributed by atoms with Crippen molar-refractivity contribution < 1.29 is 4.74 Å². The molecule has 3 heteroatoms. The first kappa shape index (κ1) is 11.0. The van der Waals surface area contributed by atoms with Crippen LogP contribution in [0.4, 0.5) is 5.69 Å². The summed E-state index contributed by atoms with van der Waals surface area (Å²) in [6.07, 6.45) is 0. The number of anilines is 1. The number of methoxy groups -OCH3 is 1. The molecule has 0 amide bonds. The van der Waals surface area contributed by atoms with Gasteiger partial charge in [-0.25, -0.2) is 0 Å². The van der Waals surface area contributed by atoms with Gasteiger partial charge in [0.2, 0.25) is 0 Å². The zero-order valence-corrected chi connectivity index (χ0v) is 10.5. The zero-order valence-electron chi connectivity index (χ0n) is 8.91. The van der Waals surface area contributed by atoms with Gasteiger partial charge in [-0.15, -0.1) is 0 Å². The highest BCUT2D eigenvalue weighted by Gasteiger charge is 2.02. The Bertz CT molecular complexity index is 494. The Balaban J connectivity index is 2.41. The largest absolute Gasteiger partial charge is 0.495 e. The lowest BCUT2D eigenvalue weighted by Gasteiger charge is -2.07. The molecule has 0 aliphatic heterocycles. The van der Waals surface area contributed by atoms with Gasteiger partial charge in [0, 0.05) is 4.47 Å². The van der Waals surface area contributed by atoms with E-state index >= 15 is 0 Å². The highest BCUT2D eigenvalue weighted by Crippen LogP contribution is 2.28. The normalized spacial score (nSPS) is 10.1. The molecule has 0 aliphatic rings. The predicted molar refractivity (Wildman–Crippen MR) is 70.5 cm³/mol. The molecule has 2 nitrogen and oxygen atoms in total. The first-order valence-corrected chi connectivity index (χ1v) is 5.69. The second-order valence-corrected chi connectivity index (χ2v) is 4.38. The Morgan fingerprint density at radius 2 is 1.62 bits per heavy atom. The van der Waals surface area contributed by atoms with Gasteiger partial charge in [0.25, 0.3) is 0 Å². The first-order chi connectivity index (χ1) is 7.70. The summed E-state index contributed by atoms with van der Waals surface area (Å²) in [7, 11) is 1.62. The summed E-state index contributed by atoms with van der Waals surface area (Å²) in [6, 6.07) is 13.9. The van der Waals surface area contributed by atoms with E-state index in [0.29, 0.717) is 11.4 Å². The van der Waals surface area contributed by atoms with Crippen molar-refractivity contribution in [2.75, 3.05) is 12.8 Å². The number of nitrogens with two attached hydrogens (primary N) is 1. The quantitative estimate of drug-likeness (QED) is 0.850. The molecule has 0 heterocycles. The van der Waals surface area contributed by atoms with Gasteiger partial charge in [-0.1, -0.05) is 34.1 Å². The van der Waals surface area contributed by atoms with Gasteiger partial charge in [0.05, 0.1) is 12.8 Å². The maximum Gasteiger partial charge on any atom is 0.141 e. The molecule has 0 saturated carbocycles. The third kappa shape index (κ3) is 2.19. The van der Waals surface area contributed by atoms with Crippen molar-refractivity contribution in [3.63, 3.8) is 0 Å². The molecule has 0 aliphatic carbocycles. The molecule has 0 bridgehead atoms. The lowest BCUT2D eigenvalue weighted by molar-refractivity contribution is 0.417. The van der Waals surface area contributed by atoms with E-state index in [1.807, 2.05) is 42.5 Å². The number of hydrogen-bond donors (Lipinski definition) is 1. The number of nitrogen functional groups attached to an aromatic ring is 1. The summed E-state index contributed by atoms with van der Waals surface area (Å²) in [5, 5.41) is 0. The van der Waals surface area contributed by atoms with Crippen LogP contribution in [-0.2, 0) is 0 Å². The molecule has 0 aromatic heterocycles. The lowest BCUT2D eigenvalue weighted by atomic mass is 10.1. The van der Waals surface area contributed by atoms with E-state index in [4.69, 9.17) is 10.5 Å². The van der Waals surface area contributed by atoms with Crippen LogP contribution in [0.2, 0.25) is 0 Å². The van der Waals surface area contributed by atoms with Gasteiger partial charge in [-0.3, -0.25) is 0 Å². The standard InChI is InChI=1S/C13H12BrNO/c1-16-13-7-4-10(8-12(13)15)9-2-5-11(14)6-3-9/h2-8H,15H2,1H3. The fraction of sp³-hybridized carbons (Fsp3) is 0.0769. The average molecular weight is 278 g/mol. The monoisotopic (exact) mass is 277 g/mol. The Kier molecular flexibility index (Phi) is 3.15. The van der Waals surface area contributed by atoms with E-state index < -0.39 is 0 Å². The smallest absolute Gasteiger partial charge is 0.141 e. The molecule has 2 aromatic rings. The van der Waals surface area contributed by atoms with Crippen LogP contribution < -0.4 is 10.5 Å². The van der Waals surface area contributed by atoms with Gasteiger partial charge in [0.1, 0.15) is 5.75 Å². The van der Waals surface area contributed by atoms with Crippen LogP contribution in [0.1, 0.15) is 0 Å². The zero-order chi connectivity index (χ0) is 11.5. The van der Waals surface area contributed by atoms with Crippen molar-refractivity contribution in [2.24, 2.45) is 0 Å². The van der Waals surface area contributed by atoms with Crippen molar-refractivity contribution in [1.82, 2.24) is 0 Å². The number of hydrogen-bond acceptors (Lipinski definition) is 2. The number of rotatable bonds is 2. The van der Waals surface area contributed by atoms with Crippen LogP contribution in [0, 0.1) is 0 Å². The Labute approximate surface area is 103 Å². The molecule has 2 aromatic carbocycles. The number of ether oxygens (including phenoxy) is 1. The predicted octanol–water partition coefficient (Wildman–Crippen LogP) is 3.71. The summed E-state index contributed by atoms with van der Waals surface area (Å²) in [5.74, 6) is 0.709. The first-order valence-electron chi connectivity index (χ1n) is 4.90. The SMILES string of the molecule is COc1ccc(-c2ccc(Br)cc2)cc1N. The lowest BCUT2D eigenvalue weighted by Crippen LogP contribution is -1.92. The third-order valence-corrected chi connectivity index (χ3v) is 2.94. The molecule has 2 rings (SSSR count). The van der Waals surface area contributed by atoms with Gasteiger partial charge in [0.15, 0.2) is 0 Å². The molecule has 2 N–H and O–H groups in total. The molecule has 0 unspecified atom stereocenters. The van der Waals surface area contributed by atoms with Crippen molar-refractivity contribution in [3.8, 4) is 16.9 Å². The molecule has 16 heavy (non-hydrogen) atoms. The second kappa shape index (κ2) is 4.58. The van der Waals surface area contributed by atoms with Crippen LogP contribution >= 0.6 is 15.9 Å². The van der Waals surface area contributed by atoms with Crippen LogP contribution in [0.25, 0.3) is 11.1 Å². The topological polar surface area (TPSA) is 35.2 Å². The average Bonchev–Trinajstić information content (AvgIpc) is 2.30. The third-order valence-electron chi connectivity index (χ3n) is 2.41. The Morgan fingerprint density at radius 1 is 1.00 bits per heavy atom. The van der Waals surface area contributed by atoms with Crippen molar-refractivity contribution in [2.45, 2.75) is 0 Å². The molecule has 82 valence electrons. The van der Waals surface area contributed by atoms with E-state index in [9.17, 15) is 0 Å². The van der Waals surface area contributed by atoms with Crippen molar-refractivity contribution in [3.05, 3.63) is 46.9 Å². The molecule has 0 radical (unpaired) electrons. The van der Waals surface area contributed by atoms with Crippen molar-refractivity contribution in [1.29, 1.82) is 0 Å². The minimum Gasteiger partial charge on any atom is -0.495 e. The van der Waals surface area contributed by atoms with Crippen LogP contribution in [-0.4, -0.2) is 7.11 Å². The maximum absolute atomic E-state index is 5.86. The minimum absolute atomic E-state index is 0.655. The molecule has 0 fully saturated rings. The number of benzene rings is 2. The van der Waals surface area contributed by atoms with Crippen LogP contribution in [0.5, 0.6) is 5.75 Å². The van der Waals surface area contributed by atoms with Crippen LogP contribution in [0.3, 0.4) is 0 Å². The summed E-state index contributed by atoms with van der Waals surface area (Å²) in [6.45, 7) is 0. The van der Waals surface area contributed by atoms with Gasteiger partial charge in [-0.2, -0.15) is 0 Å². The summed E-state index contributed by atoms with van der Waals surface area (Å²) in [4.78, 5) is 0. The highest BCUT2D eigenvalue weighted by molar-refractivity contribution is 9.10. The second-order valence-electron chi connectivity index (χ2n) is 3.46. The van der Waals surface area contributed by atoms with Gasteiger partial charge in [-0.05, 0) is 35.4 Å². The van der Waals surface area contributed by atoms with Gasteiger partial charge < -0.3 is 10.5 Å². The van der Waals surface area contributed by atoms with E-state index in [2.05, 4.69) is 15.9 Å². The minimum atomic E-state index is 0.655. The van der Waals surface area contributed by atoms with E-state index in [-0.39, 0.29) is 0 Å². The van der Waals surface area contributed by atoms with E-state index in [1.54, 1.807) is 7.11 Å². The molecule has 0 saturated heterocycles. The van der Waals surface area contributed by atoms with E-state index in [0.717, 1.165) is 15.6 Å². The summed E-state index contributed by atoms with van der Waals surface area (Å²) < 4.78 is 6.19. The number of halogens is 1. The fourth-order valence-electron chi connectivity index (χ4n) is 1.56.